The van der Waals surface area contributed by atoms with E-state index in [2.05, 4.69) is 16.0 Å². The number of aliphatic carboxylic acids is 1. The maximum Gasteiger partial charge on any atom is 0.410 e. The Morgan fingerprint density at radius 2 is 1.51 bits per heavy atom. The molecule has 0 aromatic heterocycles. The van der Waals surface area contributed by atoms with E-state index in [1.807, 2.05) is 58.0 Å². The van der Waals surface area contributed by atoms with Gasteiger partial charge in [-0.1, -0.05) is 77.3 Å². The molecule has 13 nitrogen and oxygen atoms in total. The van der Waals surface area contributed by atoms with E-state index in [0.29, 0.717) is 19.3 Å². The molecule has 5 amide bonds. The molecule has 286 valence electrons. The van der Waals surface area contributed by atoms with Gasteiger partial charge in [-0.2, -0.15) is 0 Å². The second-order valence-electron chi connectivity index (χ2n) is 15.6. The fourth-order valence-electron chi connectivity index (χ4n) is 5.94. The molecule has 0 spiro atoms. The lowest BCUT2D eigenvalue weighted by atomic mass is 9.85. The smallest absolute Gasteiger partial charge is 0.410 e. The molecule has 5 atom stereocenters. The first-order valence-corrected chi connectivity index (χ1v) is 18.2. The highest BCUT2D eigenvalue weighted by Gasteiger charge is 2.46. The summed E-state index contributed by atoms with van der Waals surface area (Å²) in [6.45, 7) is 14.2. The number of benzene rings is 1. The number of rotatable bonds is 17. The van der Waals surface area contributed by atoms with Crippen molar-refractivity contribution >= 4 is 35.7 Å². The van der Waals surface area contributed by atoms with E-state index >= 15 is 0 Å². The summed E-state index contributed by atoms with van der Waals surface area (Å²) in [6.07, 6.45) is 4.21. The molecule has 1 aliphatic heterocycles. The first-order valence-electron chi connectivity index (χ1n) is 18.2. The third-order valence-corrected chi connectivity index (χ3v) is 9.01. The maximum absolute atomic E-state index is 14.4. The summed E-state index contributed by atoms with van der Waals surface area (Å²) in [5, 5.41) is 17.8. The minimum Gasteiger partial charge on any atom is -0.481 e. The van der Waals surface area contributed by atoms with Gasteiger partial charge in [0.2, 0.25) is 23.6 Å². The fourth-order valence-corrected chi connectivity index (χ4v) is 5.94. The summed E-state index contributed by atoms with van der Waals surface area (Å²) >= 11 is 0. The fraction of sp³-hybridized carbons (Fsp3) is 0.684. The van der Waals surface area contributed by atoms with Gasteiger partial charge in [0.15, 0.2) is 0 Å². The van der Waals surface area contributed by atoms with Crippen LogP contribution >= 0.6 is 0 Å². The van der Waals surface area contributed by atoms with Gasteiger partial charge in [-0.3, -0.25) is 28.9 Å². The van der Waals surface area contributed by atoms with Gasteiger partial charge in [0.1, 0.15) is 23.7 Å². The number of carbonyl (C=O) groups is 6. The van der Waals surface area contributed by atoms with Crippen LogP contribution in [0.1, 0.15) is 125 Å². The van der Waals surface area contributed by atoms with Crippen LogP contribution in [0.5, 0.6) is 0 Å². The number of likely N-dealkylation sites (tertiary alicyclic amines) is 1. The highest BCUT2D eigenvalue weighted by molar-refractivity contribution is 5.95. The second-order valence-corrected chi connectivity index (χ2v) is 15.6. The van der Waals surface area contributed by atoms with Crippen molar-refractivity contribution in [1.29, 1.82) is 0 Å². The lowest BCUT2D eigenvalue weighted by Crippen LogP contribution is -2.60. The average Bonchev–Trinajstić information content (AvgIpc) is 3.47. The van der Waals surface area contributed by atoms with Crippen LogP contribution in [0.25, 0.3) is 0 Å². The van der Waals surface area contributed by atoms with Crippen molar-refractivity contribution in [1.82, 2.24) is 25.8 Å². The van der Waals surface area contributed by atoms with Crippen LogP contribution in [0.3, 0.4) is 0 Å². The van der Waals surface area contributed by atoms with Crippen LogP contribution in [0.2, 0.25) is 0 Å². The number of hydrogen-bond donors (Lipinski definition) is 4. The third kappa shape index (κ3) is 14.2. The summed E-state index contributed by atoms with van der Waals surface area (Å²) in [6, 6.07) is 5.86. The molecule has 1 saturated heterocycles. The molecule has 0 unspecified atom stereocenters. The molecular weight excluding hydrogens is 654 g/mol. The van der Waals surface area contributed by atoms with Gasteiger partial charge in [0, 0.05) is 32.5 Å². The van der Waals surface area contributed by atoms with Crippen LogP contribution in [-0.4, -0.2) is 94.0 Å². The predicted molar refractivity (Wildman–Crippen MR) is 194 cm³/mol. The lowest BCUT2D eigenvalue weighted by Gasteiger charge is -2.37. The maximum atomic E-state index is 14.4. The molecule has 1 aliphatic rings. The van der Waals surface area contributed by atoms with Crippen molar-refractivity contribution in [3.8, 4) is 0 Å². The van der Waals surface area contributed by atoms with Crippen molar-refractivity contribution in [3.05, 3.63) is 35.9 Å². The molecule has 2 rings (SSSR count). The quantitative estimate of drug-likeness (QED) is 0.164. The molecule has 0 saturated carbocycles. The standard InChI is InChI=1S/C38H61N5O8/c1-10-28(26-19-15-14-16-20-26)40-34(48)29-23-27(39-30(44)21-17-12-11-13-18-22-31(45)46)24-43(29)35(49)32(37(3,4)5)41-33(47)25(2)42(9)36(50)51-38(6,7)8/h14-16,19-20,25,27-29,32H,10-13,17-18,21-24H2,1-9H3,(H,39,44)(H,40,48)(H,41,47)(H,45,46)/t25-,27-,28+,29-,32+/m0/s1. The highest BCUT2D eigenvalue weighted by Crippen LogP contribution is 2.28. The molecule has 1 aromatic rings. The van der Waals surface area contributed by atoms with Gasteiger partial charge < -0.3 is 30.7 Å². The first kappa shape index (κ1) is 43.0. The number of hydrogen-bond acceptors (Lipinski definition) is 7. The summed E-state index contributed by atoms with van der Waals surface area (Å²) < 4.78 is 5.42. The number of carboxylic acid groups (broad SMARTS) is 1. The van der Waals surface area contributed by atoms with E-state index < -0.39 is 59.1 Å². The van der Waals surface area contributed by atoms with E-state index in [-0.39, 0.29) is 43.7 Å². The largest absolute Gasteiger partial charge is 0.481 e. The molecule has 0 bridgehead atoms. The van der Waals surface area contributed by atoms with Gasteiger partial charge in [-0.15, -0.1) is 0 Å². The number of likely N-dealkylation sites (N-methyl/N-ethyl adjacent to an activating group) is 1. The zero-order chi connectivity index (χ0) is 38.5. The Morgan fingerprint density at radius 1 is 0.922 bits per heavy atom. The normalized spacial score (nSPS) is 17.9. The molecular formula is C38H61N5O8. The number of nitrogens with zero attached hydrogens (tertiary/aromatic N) is 2. The predicted octanol–water partition coefficient (Wildman–Crippen LogP) is 4.94. The molecule has 13 heteroatoms. The molecule has 1 heterocycles. The highest BCUT2D eigenvalue weighted by atomic mass is 16.6. The Labute approximate surface area is 303 Å². The lowest BCUT2D eigenvalue weighted by molar-refractivity contribution is -0.144. The van der Waals surface area contributed by atoms with E-state index in [1.54, 1.807) is 27.7 Å². The average molecular weight is 716 g/mol. The summed E-state index contributed by atoms with van der Waals surface area (Å²) in [5.74, 6) is -2.37. The Balaban J connectivity index is 2.25. The zero-order valence-corrected chi connectivity index (χ0v) is 32.0. The summed E-state index contributed by atoms with van der Waals surface area (Å²) in [7, 11) is 1.46. The van der Waals surface area contributed by atoms with Crippen molar-refractivity contribution in [2.45, 2.75) is 149 Å². The Kier molecular flexibility index (Phi) is 16.4. The van der Waals surface area contributed by atoms with Crippen LogP contribution in [0.15, 0.2) is 30.3 Å². The van der Waals surface area contributed by atoms with Crippen molar-refractivity contribution in [2.24, 2.45) is 5.41 Å². The number of unbranched alkanes of at least 4 members (excludes halogenated alkanes) is 4. The van der Waals surface area contributed by atoms with Crippen LogP contribution in [0.4, 0.5) is 4.79 Å². The van der Waals surface area contributed by atoms with Crippen LogP contribution in [-0.2, 0) is 28.7 Å². The molecule has 0 radical (unpaired) electrons. The third-order valence-electron chi connectivity index (χ3n) is 9.01. The topological polar surface area (TPSA) is 174 Å². The number of amides is 5. The molecule has 51 heavy (non-hydrogen) atoms. The Morgan fingerprint density at radius 3 is 2.06 bits per heavy atom. The molecule has 1 fully saturated rings. The van der Waals surface area contributed by atoms with E-state index in [0.717, 1.165) is 24.8 Å². The minimum absolute atomic E-state index is 0.0792. The number of ether oxygens (including phenoxy) is 1. The van der Waals surface area contributed by atoms with Gasteiger partial charge in [-0.05, 0) is 64.4 Å². The second kappa shape index (κ2) is 19.4. The number of carboxylic acids is 1. The van der Waals surface area contributed by atoms with Crippen molar-refractivity contribution < 1.29 is 38.6 Å². The van der Waals surface area contributed by atoms with E-state index in [4.69, 9.17) is 9.84 Å². The molecule has 4 N–H and O–H groups in total. The van der Waals surface area contributed by atoms with E-state index in [1.165, 1.54) is 16.8 Å². The molecule has 1 aromatic carbocycles. The SMILES string of the molecule is CC[C@@H](NC(=O)[C@@H]1C[C@H](NC(=O)CCCCCCCC(=O)O)CN1C(=O)[C@@H](NC(=O)[C@H](C)N(C)C(=O)OC(C)(C)C)C(C)(C)C)c1ccccc1. The van der Waals surface area contributed by atoms with Gasteiger partial charge in [-0.25, -0.2) is 4.79 Å². The van der Waals surface area contributed by atoms with Crippen LogP contribution in [0, 0.1) is 5.41 Å². The van der Waals surface area contributed by atoms with Crippen molar-refractivity contribution in [3.63, 3.8) is 0 Å². The van der Waals surface area contributed by atoms with E-state index in [9.17, 15) is 28.8 Å². The number of carbonyl (C=O) groups excluding carboxylic acids is 5. The van der Waals surface area contributed by atoms with Gasteiger partial charge in [0.05, 0.1) is 6.04 Å². The van der Waals surface area contributed by atoms with Gasteiger partial charge in [0.25, 0.3) is 0 Å². The Hall–Kier alpha value is -4.16. The molecule has 0 aliphatic carbocycles. The number of nitrogens with one attached hydrogen (secondary N) is 3. The monoisotopic (exact) mass is 715 g/mol. The van der Waals surface area contributed by atoms with Crippen LogP contribution < -0.4 is 16.0 Å². The summed E-state index contributed by atoms with van der Waals surface area (Å²) in [4.78, 5) is 80.9. The summed E-state index contributed by atoms with van der Waals surface area (Å²) in [5.41, 5.74) is -0.608. The van der Waals surface area contributed by atoms with Crippen molar-refractivity contribution in [2.75, 3.05) is 13.6 Å². The Bertz CT molecular complexity index is 1340. The first-order chi connectivity index (χ1) is 23.7. The minimum atomic E-state index is -1.05. The van der Waals surface area contributed by atoms with Gasteiger partial charge >= 0.3 is 12.1 Å². The zero-order valence-electron chi connectivity index (χ0n) is 32.0.